The lowest BCUT2D eigenvalue weighted by atomic mass is 9.99. The second kappa shape index (κ2) is 9.72. The van der Waals surface area contributed by atoms with Crippen LogP contribution in [0.1, 0.15) is 32.6 Å². The van der Waals surface area contributed by atoms with Crippen molar-refractivity contribution in [3.8, 4) is 5.75 Å². The molecule has 0 bridgehead atoms. The smallest absolute Gasteiger partial charge is 0.343 e. The maximum absolute atomic E-state index is 12.5. The number of ether oxygens (including phenoxy) is 3. The molecule has 2 aliphatic heterocycles. The highest BCUT2D eigenvalue weighted by molar-refractivity contribution is 6.07. The van der Waals surface area contributed by atoms with E-state index in [0.29, 0.717) is 51.4 Å². The lowest BCUT2D eigenvalue weighted by Crippen LogP contribution is -2.00. The second-order valence-corrected chi connectivity index (χ2v) is 8.07. The maximum Gasteiger partial charge on any atom is 0.343 e. The molecule has 6 heteroatoms. The minimum atomic E-state index is -0.511. The van der Waals surface area contributed by atoms with Gasteiger partial charge in [0.15, 0.2) is 6.29 Å². The first-order valence-corrected chi connectivity index (χ1v) is 11.1. The Labute approximate surface area is 207 Å². The van der Waals surface area contributed by atoms with Gasteiger partial charge in [-0.2, -0.15) is 0 Å². The Kier molecular flexibility index (Phi) is 6.16. The van der Waals surface area contributed by atoms with Crippen LogP contribution in [0.2, 0.25) is 0 Å². The molecule has 3 aromatic rings. The highest BCUT2D eigenvalue weighted by Gasteiger charge is 2.24. The van der Waals surface area contributed by atoms with Gasteiger partial charge in [0.05, 0.1) is 18.3 Å². The molecule has 36 heavy (non-hydrogen) atoms. The van der Waals surface area contributed by atoms with E-state index in [2.05, 4.69) is 0 Å². The van der Waals surface area contributed by atoms with Crippen molar-refractivity contribution in [3.63, 3.8) is 0 Å². The predicted molar refractivity (Wildman–Crippen MR) is 135 cm³/mol. The molecule has 0 fully saturated rings. The van der Waals surface area contributed by atoms with E-state index in [4.69, 9.17) is 14.2 Å². The van der Waals surface area contributed by atoms with Crippen molar-refractivity contribution >= 4 is 41.9 Å². The molecule has 3 aromatic carbocycles. The fraction of sp³-hybridized carbons (Fsp3) is 0.0333. The topological polar surface area (TPSA) is 78.9 Å². The number of methoxy groups -OCH3 is 1. The van der Waals surface area contributed by atoms with E-state index >= 15 is 0 Å². The number of hydrogen-bond donors (Lipinski definition) is 0. The molecule has 2 aliphatic rings. The van der Waals surface area contributed by atoms with Crippen molar-refractivity contribution in [2.45, 2.75) is 0 Å². The first kappa shape index (κ1) is 22.8. The van der Waals surface area contributed by atoms with Gasteiger partial charge >= 0.3 is 11.9 Å². The summed E-state index contributed by atoms with van der Waals surface area (Å²) >= 11 is 0. The Hall–Kier alpha value is -4.97. The largest absolute Gasteiger partial charge is 0.496 e. The van der Waals surface area contributed by atoms with Crippen LogP contribution in [0.3, 0.4) is 0 Å². The van der Waals surface area contributed by atoms with E-state index in [0.717, 1.165) is 11.1 Å². The third-order valence-electron chi connectivity index (χ3n) is 5.75. The molecule has 0 saturated heterocycles. The van der Waals surface area contributed by atoms with Gasteiger partial charge in [-0.1, -0.05) is 60.7 Å². The van der Waals surface area contributed by atoms with E-state index in [1.54, 1.807) is 36.4 Å². The fourth-order valence-electron chi connectivity index (χ4n) is 3.95. The molecule has 2 heterocycles. The van der Waals surface area contributed by atoms with Gasteiger partial charge in [0.2, 0.25) is 0 Å². The standard InChI is InChI=1S/C30H20O6/c1-34-26-15-21(12-23-16-27(35-29(23)32)19-8-4-2-5-9-19)25(18-31)14-22(26)13-24-17-28(36-30(24)33)20-10-6-3-7-11-20/h2-18H,1H3/b23-12-,24-13-. The quantitative estimate of drug-likeness (QED) is 0.267. The Morgan fingerprint density at radius 1 is 0.667 bits per heavy atom. The van der Waals surface area contributed by atoms with Crippen molar-refractivity contribution in [3.05, 3.63) is 124 Å². The monoisotopic (exact) mass is 476 g/mol. The van der Waals surface area contributed by atoms with Gasteiger partial charge in [-0.3, -0.25) is 4.79 Å². The number of carbonyl (C=O) groups is 3. The Bertz CT molecular complexity index is 1490. The molecule has 0 atom stereocenters. The number of benzene rings is 3. The van der Waals surface area contributed by atoms with Gasteiger partial charge in [0, 0.05) is 22.3 Å². The summed E-state index contributed by atoms with van der Waals surface area (Å²) in [6, 6.07) is 21.8. The Balaban J connectivity index is 1.51. The number of hydrogen-bond acceptors (Lipinski definition) is 6. The molecular formula is C30H20O6. The summed E-state index contributed by atoms with van der Waals surface area (Å²) in [5.74, 6) is 0.301. The van der Waals surface area contributed by atoms with Gasteiger partial charge in [-0.25, -0.2) is 9.59 Å². The van der Waals surface area contributed by atoms with Crippen molar-refractivity contribution in [1.29, 1.82) is 0 Å². The lowest BCUT2D eigenvalue weighted by Gasteiger charge is -2.09. The highest BCUT2D eigenvalue weighted by atomic mass is 16.5. The number of cyclic esters (lactones) is 2. The van der Waals surface area contributed by atoms with Gasteiger partial charge in [0.1, 0.15) is 17.3 Å². The van der Waals surface area contributed by atoms with E-state index in [-0.39, 0.29) is 0 Å². The summed E-state index contributed by atoms with van der Waals surface area (Å²) in [6.07, 6.45) is 7.17. The van der Waals surface area contributed by atoms with E-state index in [1.165, 1.54) is 7.11 Å². The summed E-state index contributed by atoms with van der Waals surface area (Å²) < 4.78 is 16.3. The number of aldehydes is 1. The maximum atomic E-state index is 12.5. The number of carbonyl (C=O) groups excluding carboxylic acids is 3. The van der Waals surface area contributed by atoms with Crippen LogP contribution in [0.4, 0.5) is 0 Å². The molecule has 0 N–H and O–H groups in total. The molecule has 0 aliphatic carbocycles. The summed E-state index contributed by atoms with van der Waals surface area (Å²) in [4.78, 5) is 36.9. The van der Waals surface area contributed by atoms with Crippen LogP contribution in [-0.2, 0) is 19.1 Å². The van der Waals surface area contributed by atoms with Crippen LogP contribution in [-0.4, -0.2) is 25.3 Å². The number of esters is 2. The zero-order valence-electron chi connectivity index (χ0n) is 19.3. The fourth-order valence-corrected chi connectivity index (χ4v) is 3.95. The van der Waals surface area contributed by atoms with Crippen molar-refractivity contribution in [2.24, 2.45) is 0 Å². The second-order valence-electron chi connectivity index (χ2n) is 8.07. The van der Waals surface area contributed by atoms with E-state index in [9.17, 15) is 14.4 Å². The van der Waals surface area contributed by atoms with Crippen molar-refractivity contribution in [2.75, 3.05) is 7.11 Å². The molecule has 0 amide bonds. The Morgan fingerprint density at radius 2 is 1.17 bits per heavy atom. The summed E-state index contributed by atoms with van der Waals surface area (Å²) in [5, 5.41) is 0. The van der Waals surface area contributed by atoms with Gasteiger partial charge in [-0.05, 0) is 42.0 Å². The van der Waals surface area contributed by atoms with Crippen molar-refractivity contribution in [1.82, 2.24) is 0 Å². The zero-order valence-corrected chi connectivity index (χ0v) is 19.3. The highest BCUT2D eigenvalue weighted by Crippen LogP contribution is 2.33. The van der Waals surface area contributed by atoms with Crippen LogP contribution >= 0.6 is 0 Å². The first-order chi connectivity index (χ1) is 17.6. The molecular weight excluding hydrogens is 456 g/mol. The van der Waals surface area contributed by atoms with E-state index < -0.39 is 11.9 Å². The van der Waals surface area contributed by atoms with Gasteiger partial charge < -0.3 is 14.2 Å². The Morgan fingerprint density at radius 3 is 1.64 bits per heavy atom. The molecule has 0 aromatic heterocycles. The van der Waals surface area contributed by atoms with Gasteiger partial charge in [0.25, 0.3) is 0 Å². The first-order valence-electron chi connectivity index (χ1n) is 11.1. The molecule has 6 nitrogen and oxygen atoms in total. The molecule has 0 saturated carbocycles. The minimum Gasteiger partial charge on any atom is -0.496 e. The third kappa shape index (κ3) is 4.52. The van der Waals surface area contributed by atoms with E-state index in [1.807, 2.05) is 60.7 Å². The van der Waals surface area contributed by atoms with Crippen LogP contribution in [0, 0.1) is 0 Å². The summed E-state index contributed by atoms with van der Waals surface area (Å²) in [6.45, 7) is 0. The SMILES string of the molecule is COc1cc(/C=C2/C=C(c3ccccc3)OC2=O)c(C=O)cc1/C=C1/C=C(c2ccccc2)OC1=O. The van der Waals surface area contributed by atoms with Crippen LogP contribution in [0.5, 0.6) is 5.75 Å². The minimum absolute atomic E-state index is 0.305. The lowest BCUT2D eigenvalue weighted by molar-refractivity contribution is -0.131. The molecule has 5 rings (SSSR count). The van der Waals surface area contributed by atoms with Gasteiger partial charge in [-0.15, -0.1) is 0 Å². The number of rotatable bonds is 6. The zero-order chi connectivity index (χ0) is 25.1. The third-order valence-corrected chi connectivity index (χ3v) is 5.75. The average molecular weight is 476 g/mol. The van der Waals surface area contributed by atoms with Crippen LogP contribution in [0.25, 0.3) is 23.7 Å². The molecule has 0 spiro atoms. The summed E-state index contributed by atoms with van der Waals surface area (Å²) in [5.41, 5.74) is 3.51. The molecule has 0 radical (unpaired) electrons. The molecule has 176 valence electrons. The summed E-state index contributed by atoms with van der Waals surface area (Å²) in [7, 11) is 1.49. The van der Waals surface area contributed by atoms with Crippen LogP contribution in [0.15, 0.2) is 96.1 Å². The van der Waals surface area contributed by atoms with Crippen LogP contribution < -0.4 is 4.74 Å². The predicted octanol–water partition coefficient (Wildman–Crippen LogP) is 5.47. The average Bonchev–Trinajstić information content (AvgIpc) is 3.47. The van der Waals surface area contributed by atoms with Crippen molar-refractivity contribution < 1.29 is 28.6 Å². The molecule has 0 unspecified atom stereocenters. The normalized spacial score (nSPS) is 17.0.